The molecule has 0 spiro atoms. The zero-order chi connectivity index (χ0) is 24.2. The minimum atomic E-state index is -0.327. The molecule has 0 saturated carbocycles. The van der Waals surface area contributed by atoms with E-state index >= 15 is 0 Å². The fourth-order valence-corrected chi connectivity index (χ4v) is 4.24. The summed E-state index contributed by atoms with van der Waals surface area (Å²) >= 11 is 0. The summed E-state index contributed by atoms with van der Waals surface area (Å²) in [6.07, 6.45) is 4.95. The Morgan fingerprint density at radius 2 is 1.89 bits per heavy atom. The van der Waals surface area contributed by atoms with Crippen molar-refractivity contribution in [3.8, 4) is 11.6 Å². The van der Waals surface area contributed by atoms with Gasteiger partial charge in [-0.1, -0.05) is 0 Å². The first-order chi connectivity index (χ1) is 17.1. The summed E-state index contributed by atoms with van der Waals surface area (Å²) in [6.45, 7) is 5.31. The first kappa shape index (κ1) is 22.7. The van der Waals surface area contributed by atoms with Crippen molar-refractivity contribution in [2.24, 2.45) is 0 Å². The highest BCUT2D eigenvalue weighted by Crippen LogP contribution is 2.37. The normalized spacial score (nSPS) is 15.4. The van der Waals surface area contributed by atoms with Crippen LogP contribution in [-0.4, -0.2) is 74.3 Å². The van der Waals surface area contributed by atoms with E-state index in [4.69, 9.17) is 9.47 Å². The molecule has 0 aliphatic carbocycles. The van der Waals surface area contributed by atoms with E-state index in [-0.39, 0.29) is 11.8 Å². The average molecular weight is 476 g/mol. The van der Waals surface area contributed by atoms with Crippen LogP contribution in [0.25, 0.3) is 0 Å². The van der Waals surface area contributed by atoms with Crippen molar-refractivity contribution in [1.29, 1.82) is 0 Å². The quantitative estimate of drug-likeness (QED) is 0.496. The van der Waals surface area contributed by atoms with Crippen LogP contribution in [0.5, 0.6) is 11.6 Å². The number of nitrogens with zero attached hydrogens (tertiary/aromatic N) is 4. The van der Waals surface area contributed by atoms with E-state index in [2.05, 4.69) is 42.8 Å². The number of hydrogen-bond donors (Lipinski definition) is 3. The molecule has 2 aliphatic heterocycles. The summed E-state index contributed by atoms with van der Waals surface area (Å²) in [4.78, 5) is 26.5. The number of anilines is 5. The lowest BCUT2D eigenvalue weighted by Crippen LogP contribution is -2.44. The van der Waals surface area contributed by atoms with Crippen LogP contribution in [0.4, 0.5) is 28.4 Å². The third-order valence-electron chi connectivity index (χ3n) is 6.17. The number of ether oxygens (including phenoxy) is 2. The third kappa shape index (κ3) is 4.92. The number of likely N-dealkylation sites (N-methyl/N-ethyl adjacent to an activating group) is 1. The van der Waals surface area contributed by atoms with Gasteiger partial charge < -0.3 is 35.2 Å². The van der Waals surface area contributed by atoms with E-state index in [1.807, 2.05) is 24.3 Å². The molecule has 3 N–H and O–H groups in total. The van der Waals surface area contributed by atoms with E-state index < -0.39 is 0 Å². The molecule has 2 aliphatic rings. The Morgan fingerprint density at radius 1 is 1.09 bits per heavy atom. The van der Waals surface area contributed by atoms with E-state index in [0.717, 1.165) is 37.6 Å². The maximum absolute atomic E-state index is 13.4. The van der Waals surface area contributed by atoms with Gasteiger partial charge in [-0.15, -0.1) is 0 Å². The second kappa shape index (κ2) is 10.1. The summed E-state index contributed by atoms with van der Waals surface area (Å²) in [5.74, 6) is 0.559. The minimum absolute atomic E-state index is 0.225. The molecule has 1 aromatic carbocycles. The van der Waals surface area contributed by atoms with Crippen LogP contribution in [-0.2, 0) is 0 Å². The van der Waals surface area contributed by atoms with E-state index in [1.54, 1.807) is 24.7 Å². The highest BCUT2D eigenvalue weighted by molar-refractivity contribution is 6.10. The molecule has 2 aromatic heterocycles. The highest BCUT2D eigenvalue weighted by Gasteiger charge is 2.22. The molecule has 1 saturated heterocycles. The minimum Gasteiger partial charge on any atom is -0.488 e. The lowest BCUT2D eigenvalue weighted by atomic mass is 10.1. The molecule has 35 heavy (non-hydrogen) atoms. The highest BCUT2D eigenvalue weighted by atomic mass is 16.5. The number of piperazine rings is 1. The average Bonchev–Trinajstić information content (AvgIpc) is 2.89. The van der Waals surface area contributed by atoms with Gasteiger partial charge in [0.05, 0.1) is 30.9 Å². The zero-order valence-corrected chi connectivity index (χ0v) is 19.9. The Balaban J connectivity index is 1.36. The molecule has 10 nitrogen and oxygen atoms in total. The second-order valence-corrected chi connectivity index (χ2v) is 8.49. The van der Waals surface area contributed by atoms with Gasteiger partial charge >= 0.3 is 0 Å². The number of carbonyl (C=O) groups excluding carboxylic acids is 1. The molecule has 182 valence electrons. The van der Waals surface area contributed by atoms with Gasteiger partial charge in [-0.3, -0.25) is 9.78 Å². The van der Waals surface area contributed by atoms with Gasteiger partial charge in [0.1, 0.15) is 17.9 Å². The third-order valence-corrected chi connectivity index (χ3v) is 6.17. The Bertz CT molecular complexity index is 1190. The summed E-state index contributed by atoms with van der Waals surface area (Å²) in [5.41, 5.74) is 4.18. The number of methoxy groups -OCH3 is 1. The predicted octanol–water partition coefficient (Wildman–Crippen LogP) is 3.04. The molecule has 0 bridgehead atoms. The summed E-state index contributed by atoms with van der Waals surface area (Å²) in [7, 11) is 3.63. The van der Waals surface area contributed by atoms with Gasteiger partial charge in [-0.25, -0.2) is 4.98 Å². The SMILES string of the molecule is COc1nccc(Nc2cncc3c2NCCO3)c1C(=O)Nc1ccc(N2CCN(C)CC2)cc1. The van der Waals surface area contributed by atoms with E-state index in [9.17, 15) is 4.79 Å². The standard InChI is InChI=1S/C25H29N7O3/c1-31-10-12-32(13-11-31)18-5-3-17(4-6-18)29-24(33)22-19(7-8-28-25(22)34-2)30-20-15-26-16-21-23(20)27-9-14-35-21/h3-8,15-16,27H,9-14H2,1-2H3,(H,28,30)(H,29,33). The van der Waals surface area contributed by atoms with Gasteiger partial charge in [0.2, 0.25) is 5.88 Å². The first-order valence-corrected chi connectivity index (χ1v) is 11.6. The van der Waals surface area contributed by atoms with Gasteiger partial charge in [0.25, 0.3) is 5.91 Å². The van der Waals surface area contributed by atoms with Crippen molar-refractivity contribution in [3.05, 3.63) is 54.5 Å². The van der Waals surface area contributed by atoms with Crippen LogP contribution in [0.15, 0.2) is 48.9 Å². The lowest BCUT2D eigenvalue weighted by molar-refractivity contribution is 0.102. The summed E-state index contributed by atoms with van der Waals surface area (Å²) in [6, 6.07) is 9.64. The van der Waals surface area contributed by atoms with Crippen LogP contribution in [0.1, 0.15) is 10.4 Å². The largest absolute Gasteiger partial charge is 0.488 e. The molecule has 0 atom stereocenters. The summed E-state index contributed by atoms with van der Waals surface area (Å²) < 4.78 is 11.1. The number of pyridine rings is 2. The van der Waals surface area contributed by atoms with Gasteiger partial charge in [0, 0.05) is 50.3 Å². The van der Waals surface area contributed by atoms with E-state index in [1.165, 1.54) is 7.11 Å². The maximum atomic E-state index is 13.4. The Hall–Kier alpha value is -4.05. The van der Waals surface area contributed by atoms with Crippen molar-refractivity contribution >= 4 is 34.3 Å². The molecule has 0 unspecified atom stereocenters. The number of fused-ring (bicyclic) bond motifs is 1. The Labute approximate surface area is 204 Å². The Kier molecular flexibility index (Phi) is 6.53. The van der Waals surface area contributed by atoms with Crippen LogP contribution in [0.2, 0.25) is 0 Å². The molecule has 10 heteroatoms. The van der Waals surface area contributed by atoms with Crippen molar-refractivity contribution in [3.63, 3.8) is 0 Å². The first-order valence-electron chi connectivity index (χ1n) is 11.6. The smallest absolute Gasteiger partial charge is 0.263 e. The molecule has 0 radical (unpaired) electrons. The number of rotatable bonds is 6. The predicted molar refractivity (Wildman–Crippen MR) is 136 cm³/mol. The van der Waals surface area contributed by atoms with Crippen LogP contribution >= 0.6 is 0 Å². The van der Waals surface area contributed by atoms with Crippen LogP contribution in [0, 0.1) is 0 Å². The molecule has 4 heterocycles. The topological polar surface area (TPSA) is 104 Å². The fourth-order valence-electron chi connectivity index (χ4n) is 4.24. The molecular weight excluding hydrogens is 446 g/mol. The maximum Gasteiger partial charge on any atom is 0.263 e. The van der Waals surface area contributed by atoms with Crippen molar-refractivity contribution in [2.45, 2.75) is 0 Å². The number of carbonyl (C=O) groups is 1. The van der Waals surface area contributed by atoms with Crippen LogP contribution in [0.3, 0.4) is 0 Å². The summed E-state index contributed by atoms with van der Waals surface area (Å²) in [5, 5.41) is 9.60. The number of benzene rings is 1. The molecule has 1 fully saturated rings. The molecule has 5 rings (SSSR count). The van der Waals surface area contributed by atoms with Gasteiger partial charge in [-0.05, 0) is 37.4 Å². The fraction of sp³-hybridized carbons (Fsp3) is 0.320. The van der Waals surface area contributed by atoms with Crippen LogP contribution < -0.4 is 30.3 Å². The van der Waals surface area contributed by atoms with Crippen molar-refractivity contribution < 1.29 is 14.3 Å². The van der Waals surface area contributed by atoms with E-state index in [0.29, 0.717) is 41.5 Å². The Morgan fingerprint density at radius 3 is 2.66 bits per heavy atom. The van der Waals surface area contributed by atoms with Gasteiger partial charge in [-0.2, -0.15) is 0 Å². The number of hydrogen-bond acceptors (Lipinski definition) is 9. The molecule has 3 aromatic rings. The monoisotopic (exact) mass is 475 g/mol. The number of aromatic nitrogens is 2. The van der Waals surface area contributed by atoms with Crippen molar-refractivity contribution in [2.75, 3.05) is 74.3 Å². The second-order valence-electron chi connectivity index (χ2n) is 8.49. The van der Waals surface area contributed by atoms with Gasteiger partial charge in [0.15, 0.2) is 5.75 Å². The molecular formula is C25H29N7O3. The zero-order valence-electron chi connectivity index (χ0n) is 19.9. The van der Waals surface area contributed by atoms with Crippen molar-refractivity contribution in [1.82, 2.24) is 14.9 Å². The molecule has 1 amide bonds. The number of amides is 1. The number of nitrogens with one attached hydrogen (secondary N) is 3. The lowest BCUT2D eigenvalue weighted by Gasteiger charge is -2.34.